The fraction of sp³-hybridized carbons (Fsp3) is 0.366. The Morgan fingerprint density at radius 2 is 1.75 bits per heavy atom. The number of nitrogen functional groups attached to an aromatic ring is 1. The lowest BCUT2D eigenvalue weighted by molar-refractivity contribution is -0.145. The van der Waals surface area contributed by atoms with E-state index in [2.05, 4.69) is 76.9 Å². The number of amides is 1. The van der Waals surface area contributed by atoms with Gasteiger partial charge in [-0.25, -0.2) is 8.78 Å². The van der Waals surface area contributed by atoms with Crippen molar-refractivity contribution in [3.8, 4) is 22.5 Å². The number of aromatic nitrogens is 3. The van der Waals surface area contributed by atoms with Crippen molar-refractivity contribution >= 4 is 17.6 Å². The predicted octanol–water partition coefficient (Wildman–Crippen LogP) is 6.97. The first-order valence-corrected chi connectivity index (χ1v) is 18.1. The van der Waals surface area contributed by atoms with Gasteiger partial charge in [0.1, 0.15) is 11.6 Å². The average Bonchev–Trinajstić information content (AvgIpc) is 3.96. The van der Waals surface area contributed by atoms with Crippen LogP contribution in [0, 0.1) is 17.6 Å². The number of aryl methyl sites for hydroxylation is 1. The number of carbonyl (C=O) groups excluding carboxylic acids is 1. The molecule has 2 atom stereocenters. The minimum absolute atomic E-state index is 0.0107. The molecule has 53 heavy (non-hydrogen) atoms. The van der Waals surface area contributed by atoms with E-state index in [-0.39, 0.29) is 22.4 Å². The molecule has 12 heteroatoms. The van der Waals surface area contributed by atoms with E-state index in [0.29, 0.717) is 25.1 Å². The smallest absolute Gasteiger partial charge is 0.309 e. The standard InChI is InChI=1S/C21H23F2N3O4.C20H21N3/c22-12-5-6-14(16(23)9-12)19-10-18(25-30-19)20(27)24-17-7-8-26(11-15(17)21(28)29)13-3-1-2-4-13;1-20(2,14-11-22-23(3)12-14)18-9-8-16-15-7-5-4-6-13(15)10-17(16)19(18)21/h5-6,9-10,13,15,17H,1-4,7-8,11H2,(H,24,27)(H,28,29);4-9,11-12H,10,21H2,1-3H3/t15-,17-;/m0./s1. The summed E-state index contributed by atoms with van der Waals surface area (Å²) in [6, 6.07) is 17.1. The van der Waals surface area contributed by atoms with Crippen molar-refractivity contribution in [1.29, 1.82) is 0 Å². The Labute approximate surface area is 307 Å². The molecule has 2 aliphatic carbocycles. The highest BCUT2D eigenvalue weighted by Gasteiger charge is 2.38. The van der Waals surface area contributed by atoms with Gasteiger partial charge in [0, 0.05) is 73.6 Å². The third-order valence-corrected chi connectivity index (χ3v) is 11.2. The highest BCUT2D eigenvalue weighted by molar-refractivity contribution is 5.93. The SMILES string of the molecule is Cn1cc(C(C)(C)c2ccc3c(c2N)Cc2ccccc2-3)cn1.O=C(N[C@H]1CCN(C2CCCC2)C[C@@H]1C(=O)O)c1cc(-c2ccc(F)cc2F)on1. The molecule has 3 heterocycles. The number of halogens is 2. The Bertz CT molecular complexity index is 2150. The number of carboxylic acid groups (broad SMARTS) is 1. The number of carbonyl (C=O) groups is 2. The normalized spacial score (nSPS) is 18.6. The zero-order chi connectivity index (χ0) is 37.4. The van der Waals surface area contributed by atoms with Crippen LogP contribution in [0.25, 0.3) is 22.5 Å². The van der Waals surface area contributed by atoms with Gasteiger partial charge in [0.2, 0.25) is 0 Å². The predicted molar refractivity (Wildman–Crippen MR) is 197 cm³/mol. The number of benzene rings is 3. The van der Waals surface area contributed by atoms with Gasteiger partial charge in [-0.2, -0.15) is 5.10 Å². The van der Waals surface area contributed by atoms with Crippen LogP contribution in [0.15, 0.2) is 77.6 Å². The number of likely N-dealkylation sites (tertiary alicyclic amines) is 1. The van der Waals surface area contributed by atoms with Crippen LogP contribution in [0.2, 0.25) is 0 Å². The van der Waals surface area contributed by atoms with Crippen LogP contribution in [0.3, 0.4) is 0 Å². The maximum Gasteiger partial charge on any atom is 0.309 e. The molecule has 10 nitrogen and oxygen atoms in total. The molecule has 0 unspecified atom stereocenters. The molecule has 0 bridgehead atoms. The van der Waals surface area contributed by atoms with E-state index in [0.717, 1.165) is 37.6 Å². The number of aliphatic carboxylic acids is 1. The van der Waals surface area contributed by atoms with E-state index < -0.39 is 35.5 Å². The van der Waals surface area contributed by atoms with Gasteiger partial charge >= 0.3 is 5.97 Å². The molecule has 5 aromatic rings. The molecule has 276 valence electrons. The summed E-state index contributed by atoms with van der Waals surface area (Å²) in [4.78, 5) is 26.6. The first kappa shape index (κ1) is 36.0. The monoisotopic (exact) mass is 722 g/mol. The second-order valence-corrected chi connectivity index (χ2v) is 14.9. The number of hydrogen-bond acceptors (Lipinski definition) is 7. The molecular formula is C41H44F2N6O4. The van der Waals surface area contributed by atoms with Crippen molar-refractivity contribution in [1.82, 2.24) is 25.2 Å². The van der Waals surface area contributed by atoms with Crippen LogP contribution < -0.4 is 11.1 Å². The van der Waals surface area contributed by atoms with Gasteiger partial charge in [-0.15, -0.1) is 0 Å². The fourth-order valence-electron chi connectivity index (χ4n) is 8.12. The number of hydrogen-bond donors (Lipinski definition) is 3. The Kier molecular flexibility index (Phi) is 9.91. The minimum Gasteiger partial charge on any atom is -0.481 e. The Balaban J connectivity index is 0.000000170. The minimum atomic E-state index is -0.947. The highest BCUT2D eigenvalue weighted by Crippen LogP contribution is 2.44. The average molecular weight is 723 g/mol. The number of piperidine rings is 1. The van der Waals surface area contributed by atoms with E-state index in [9.17, 15) is 23.5 Å². The van der Waals surface area contributed by atoms with Crippen molar-refractivity contribution in [2.24, 2.45) is 13.0 Å². The van der Waals surface area contributed by atoms with Crippen LogP contribution in [-0.2, 0) is 23.7 Å². The van der Waals surface area contributed by atoms with Crippen LogP contribution >= 0.6 is 0 Å². The molecular weight excluding hydrogens is 678 g/mol. The number of anilines is 1. The molecule has 0 spiro atoms. The molecule has 3 aromatic carbocycles. The van der Waals surface area contributed by atoms with Gasteiger partial charge in [-0.05, 0) is 59.2 Å². The molecule has 2 fully saturated rings. The Morgan fingerprint density at radius 3 is 2.47 bits per heavy atom. The van der Waals surface area contributed by atoms with Crippen LogP contribution in [-0.4, -0.2) is 62.0 Å². The van der Waals surface area contributed by atoms with Crippen LogP contribution in [0.4, 0.5) is 14.5 Å². The lowest BCUT2D eigenvalue weighted by atomic mass is 9.77. The molecule has 1 saturated carbocycles. The van der Waals surface area contributed by atoms with E-state index in [4.69, 9.17) is 10.3 Å². The van der Waals surface area contributed by atoms with Crippen LogP contribution in [0.5, 0.6) is 0 Å². The first-order chi connectivity index (χ1) is 25.4. The Morgan fingerprint density at radius 1 is 1.00 bits per heavy atom. The van der Waals surface area contributed by atoms with E-state index >= 15 is 0 Å². The lowest BCUT2D eigenvalue weighted by Gasteiger charge is -2.39. The number of nitrogens with two attached hydrogens (primary N) is 1. The second kappa shape index (κ2) is 14.6. The summed E-state index contributed by atoms with van der Waals surface area (Å²) in [5, 5.41) is 20.4. The maximum atomic E-state index is 13.9. The largest absolute Gasteiger partial charge is 0.481 e. The third-order valence-electron chi connectivity index (χ3n) is 11.2. The summed E-state index contributed by atoms with van der Waals surface area (Å²) in [6.45, 7) is 5.55. The summed E-state index contributed by atoms with van der Waals surface area (Å²) in [5.74, 6) is -3.82. The van der Waals surface area contributed by atoms with Crippen molar-refractivity contribution in [2.45, 2.75) is 69.9 Å². The molecule has 8 rings (SSSR count). The van der Waals surface area contributed by atoms with E-state index in [1.807, 2.05) is 17.9 Å². The number of rotatable bonds is 7. The van der Waals surface area contributed by atoms with Gasteiger partial charge in [0.25, 0.3) is 5.91 Å². The summed E-state index contributed by atoms with van der Waals surface area (Å²) in [5.41, 5.74) is 14.9. The zero-order valence-electron chi connectivity index (χ0n) is 30.1. The summed E-state index contributed by atoms with van der Waals surface area (Å²) in [7, 11) is 1.95. The number of carboxylic acids is 1. The summed E-state index contributed by atoms with van der Waals surface area (Å²) in [6.07, 6.45) is 9.97. The van der Waals surface area contributed by atoms with Crippen molar-refractivity contribution in [3.05, 3.63) is 113 Å². The molecule has 1 amide bonds. The third kappa shape index (κ3) is 7.20. The van der Waals surface area contributed by atoms with E-state index in [1.165, 1.54) is 58.4 Å². The van der Waals surface area contributed by atoms with Gasteiger partial charge < -0.3 is 20.7 Å². The number of fused-ring (bicyclic) bond motifs is 3. The van der Waals surface area contributed by atoms with Crippen LogP contribution in [0.1, 0.15) is 78.7 Å². The van der Waals surface area contributed by atoms with Crippen molar-refractivity contribution in [2.75, 3.05) is 18.8 Å². The van der Waals surface area contributed by atoms with Crippen molar-refractivity contribution in [3.63, 3.8) is 0 Å². The molecule has 0 radical (unpaired) electrons. The summed E-state index contributed by atoms with van der Waals surface area (Å²) >= 11 is 0. The first-order valence-electron chi connectivity index (χ1n) is 18.1. The molecule has 1 aliphatic heterocycles. The van der Waals surface area contributed by atoms with Gasteiger partial charge in [0.15, 0.2) is 11.5 Å². The molecule has 1 saturated heterocycles. The van der Waals surface area contributed by atoms with E-state index in [1.54, 1.807) is 0 Å². The fourth-order valence-corrected chi connectivity index (χ4v) is 8.12. The molecule has 2 aromatic heterocycles. The highest BCUT2D eigenvalue weighted by atomic mass is 19.1. The number of nitrogens with one attached hydrogen (secondary N) is 1. The topological polar surface area (TPSA) is 140 Å². The van der Waals surface area contributed by atoms with Gasteiger partial charge in [-0.3, -0.25) is 19.2 Å². The second-order valence-electron chi connectivity index (χ2n) is 14.9. The lowest BCUT2D eigenvalue weighted by Crippen LogP contribution is -2.55. The zero-order valence-corrected chi connectivity index (χ0v) is 30.1. The molecule has 4 N–H and O–H groups in total. The quantitative estimate of drug-likeness (QED) is 0.150. The Hall–Kier alpha value is -5.36. The molecule has 3 aliphatic rings. The van der Waals surface area contributed by atoms with Gasteiger partial charge in [0.05, 0.1) is 17.7 Å². The van der Waals surface area contributed by atoms with Gasteiger partial charge in [-0.1, -0.05) is 68.2 Å². The number of nitrogens with zero attached hydrogens (tertiary/aromatic N) is 4. The maximum absolute atomic E-state index is 13.9. The summed E-state index contributed by atoms with van der Waals surface area (Å²) < 4.78 is 33.9. The van der Waals surface area contributed by atoms with Crippen molar-refractivity contribution < 1.29 is 28.0 Å².